The van der Waals surface area contributed by atoms with Crippen LogP contribution in [0.2, 0.25) is 0 Å². The largest absolute Gasteiger partial charge is 0.444 e. The second-order valence-electron chi connectivity index (χ2n) is 24.0. The van der Waals surface area contributed by atoms with Crippen LogP contribution < -0.4 is 26.4 Å². The van der Waals surface area contributed by atoms with Crippen molar-refractivity contribution in [2.45, 2.75) is 177 Å². The molecule has 3 aromatic rings. The molecule has 16 nitrogen and oxygen atoms in total. The van der Waals surface area contributed by atoms with Gasteiger partial charge in [-0.25, -0.2) is 9.59 Å². The molecule has 4 N–H and O–H groups in total. The van der Waals surface area contributed by atoms with Crippen molar-refractivity contribution in [1.29, 1.82) is 0 Å². The van der Waals surface area contributed by atoms with Gasteiger partial charge < -0.3 is 54.6 Å². The van der Waals surface area contributed by atoms with Crippen molar-refractivity contribution in [3.8, 4) is 23.7 Å². The first-order valence-corrected chi connectivity index (χ1v) is 29.1. The van der Waals surface area contributed by atoms with E-state index in [1.165, 1.54) is 0 Å². The molecule has 4 aliphatic heterocycles. The number of carbonyl (C=O) groups excluding carboxylic acids is 4. The summed E-state index contributed by atoms with van der Waals surface area (Å²) in [5, 5.41) is 3.04. The summed E-state index contributed by atoms with van der Waals surface area (Å²) in [5.41, 5.74) is 13.3. The van der Waals surface area contributed by atoms with Gasteiger partial charge in [0.15, 0.2) is 0 Å². The number of hydrogen-bond donors (Lipinski definition) is 3. The van der Waals surface area contributed by atoms with Crippen LogP contribution >= 0.6 is 0 Å². The second-order valence-corrected chi connectivity index (χ2v) is 24.0. The van der Waals surface area contributed by atoms with E-state index < -0.39 is 17.1 Å². The van der Waals surface area contributed by atoms with Gasteiger partial charge in [-0.15, -0.1) is 0 Å². The number of hydrogen-bond acceptors (Lipinski definition) is 11. The molecule has 0 aliphatic carbocycles. The molecule has 4 fully saturated rings. The Morgan fingerprint density at radius 1 is 0.675 bits per heavy atom. The first kappa shape index (κ1) is 62.7. The number of carbonyl (C=O) groups is 4. The van der Waals surface area contributed by atoms with Gasteiger partial charge in [-0.2, -0.15) is 0 Å². The number of anilines is 2. The Morgan fingerprint density at radius 3 is 1.48 bits per heavy atom. The fraction of sp³-hybridized carbons (Fsp3) is 0.609. The van der Waals surface area contributed by atoms with Crippen LogP contribution in [-0.2, 0) is 25.5 Å². The molecule has 4 saturated heterocycles. The molecular formula is C64H91N7O9. The summed E-state index contributed by atoms with van der Waals surface area (Å²) >= 11 is 0. The zero-order valence-corrected chi connectivity index (χ0v) is 50.2. The quantitative estimate of drug-likeness (QED) is 0.155. The first-order valence-electron chi connectivity index (χ1n) is 29.1. The number of piperidine rings is 2. The molecule has 7 rings (SSSR count). The Labute approximate surface area is 476 Å². The number of likely N-dealkylation sites (tertiary alicyclic amines) is 2. The minimum absolute atomic E-state index is 0.139. The molecule has 0 radical (unpaired) electrons. The average molecular weight is 1100 g/mol. The predicted molar refractivity (Wildman–Crippen MR) is 316 cm³/mol. The number of ether oxygens (including phenoxy) is 4. The number of nitrogens with zero attached hydrogens (tertiary/aromatic N) is 4. The van der Waals surface area contributed by atoms with E-state index >= 15 is 0 Å². The van der Waals surface area contributed by atoms with Crippen molar-refractivity contribution >= 4 is 35.4 Å². The fourth-order valence-electron chi connectivity index (χ4n) is 11.0. The van der Waals surface area contributed by atoms with Crippen LogP contribution in [0, 0.1) is 56.3 Å². The van der Waals surface area contributed by atoms with E-state index in [-0.39, 0.29) is 48.0 Å². The molecule has 0 unspecified atom stereocenters. The number of H-pyrrole nitrogens is 1. The van der Waals surface area contributed by atoms with Crippen LogP contribution in [0.25, 0.3) is 0 Å². The smallest absolute Gasteiger partial charge is 0.410 e. The topological polar surface area (TPSA) is 189 Å². The van der Waals surface area contributed by atoms with E-state index in [1.807, 2.05) is 80.5 Å². The Balaban J connectivity index is 0.000000270. The van der Waals surface area contributed by atoms with E-state index in [9.17, 15) is 24.0 Å². The molecule has 0 bridgehead atoms. The molecule has 0 spiro atoms. The lowest BCUT2D eigenvalue weighted by atomic mass is 9.95. The molecule has 0 atom stereocenters. The summed E-state index contributed by atoms with van der Waals surface area (Å²) in [7, 11) is 0. The highest BCUT2D eigenvalue weighted by atomic mass is 16.6. The zero-order valence-electron chi connectivity index (χ0n) is 50.2. The molecule has 5 heterocycles. The van der Waals surface area contributed by atoms with Crippen LogP contribution in [0.3, 0.4) is 0 Å². The highest BCUT2D eigenvalue weighted by Gasteiger charge is 2.30. The number of amides is 4. The second kappa shape index (κ2) is 28.3. The summed E-state index contributed by atoms with van der Waals surface area (Å²) < 4.78 is 22.2. The third kappa shape index (κ3) is 17.5. The van der Waals surface area contributed by atoms with Gasteiger partial charge in [0, 0.05) is 141 Å². The van der Waals surface area contributed by atoms with Crippen LogP contribution in [0.15, 0.2) is 35.1 Å². The minimum atomic E-state index is -0.523. The van der Waals surface area contributed by atoms with Gasteiger partial charge in [0.2, 0.25) is 5.91 Å². The fourth-order valence-corrected chi connectivity index (χ4v) is 11.0. The van der Waals surface area contributed by atoms with E-state index in [0.717, 1.165) is 136 Å². The van der Waals surface area contributed by atoms with Crippen molar-refractivity contribution in [1.82, 2.24) is 20.1 Å². The average Bonchev–Trinajstić information content (AvgIpc) is 3.42. The zero-order chi connectivity index (χ0) is 58.5. The number of benzene rings is 2. The standard InChI is InChI=1S/C37H52N4O5.C27H39N3O4/c1-9-41(29-14-18-45-19-15-29)33-22-28(11-10-27-12-16-40(17-13-27)36(44)46-37(6,7)8)21-31(26(33)5)34(42)38-23-32-30(24(2)3)20-25(4)39-35(32)43;1-6-30(22-11-15-33-16-12-22)24-18-21(17-23(19(24)2)25(28)31)8-7-20-9-13-29(14-10-20)26(32)34-27(3,4)5/h20-22,24,27,29H,9,12-19,23H2,1-8H3,(H,38,42)(H,39,43);17-18,20,22H,6,9-16H2,1-5H3,(H2,28,31). The van der Waals surface area contributed by atoms with Crippen LogP contribution in [-0.4, -0.2) is 128 Å². The molecule has 4 aliphatic rings. The number of primary amides is 1. The Bertz CT molecular complexity index is 2830. The normalized spacial score (nSPS) is 16.8. The van der Waals surface area contributed by atoms with Crippen molar-refractivity contribution in [3.63, 3.8) is 0 Å². The lowest BCUT2D eigenvalue weighted by Crippen LogP contribution is -2.41. The third-order valence-corrected chi connectivity index (χ3v) is 15.3. The molecule has 4 amide bonds. The molecule has 436 valence electrons. The van der Waals surface area contributed by atoms with Gasteiger partial charge in [0.05, 0.1) is 0 Å². The lowest BCUT2D eigenvalue weighted by Gasteiger charge is -2.36. The van der Waals surface area contributed by atoms with Gasteiger partial charge in [-0.05, 0) is 180 Å². The van der Waals surface area contributed by atoms with Crippen LogP contribution in [0.4, 0.5) is 21.0 Å². The number of aromatic amines is 1. The number of pyridine rings is 1. The summed E-state index contributed by atoms with van der Waals surface area (Å²) in [4.78, 5) is 74.9. The lowest BCUT2D eigenvalue weighted by molar-refractivity contribution is 0.0189. The maximum Gasteiger partial charge on any atom is 0.410 e. The minimum Gasteiger partial charge on any atom is -0.444 e. The van der Waals surface area contributed by atoms with Gasteiger partial charge in [-0.3, -0.25) is 14.4 Å². The highest BCUT2D eigenvalue weighted by Crippen LogP contribution is 2.32. The number of aryl methyl sites for hydroxylation is 1. The van der Waals surface area contributed by atoms with E-state index in [2.05, 4.69) is 83.6 Å². The SMILES string of the molecule is CCN(c1cc(C#CC2CCN(C(=O)OC(C)(C)C)CC2)cc(C(=O)NCc2c(C(C)C)cc(C)[nH]c2=O)c1C)C1CCOCC1.CCN(c1cc(C#CC2CCN(C(=O)OC(C)(C)C)CC2)cc(C(N)=O)c1C)C1CCOCC1. The molecule has 80 heavy (non-hydrogen) atoms. The van der Waals surface area contributed by atoms with Gasteiger partial charge >= 0.3 is 12.2 Å². The van der Waals surface area contributed by atoms with E-state index in [1.54, 1.807) is 9.80 Å². The van der Waals surface area contributed by atoms with Crippen LogP contribution in [0.5, 0.6) is 0 Å². The van der Waals surface area contributed by atoms with Crippen molar-refractivity contribution in [2.75, 3.05) is 75.5 Å². The van der Waals surface area contributed by atoms with E-state index in [4.69, 9.17) is 24.7 Å². The molecule has 1 aromatic heterocycles. The molecule has 2 aromatic carbocycles. The molecule has 16 heteroatoms. The number of nitrogens with two attached hydrogens (primary N) is 1. The maximum absolute atomic E-state index is 13.8. The molecular weight excluding hydrogens is 1010 g/mol. The van der Waals surface area contributed by atoms with E-state index in [0.29, 0.717) is 55.0 Å². The van der Waals surface area contributed by atoms with Crippen molar-refractivity contribution in [2.24, 2.45) is 17.6 Å². The summed E-state index contributed by atoms with van der Waals surface area (Å²) in [6, 6.07) is 10.5. The Morgan fingerprint density at radius 2 is 1.09 bits per heavy atom. The summed E-state index contributed by atoms with van der Waals surface area (Å²) in [6.07, 6.45) is 6.38. The predicted octanol–water partition coefficient (Wildman–Crippen LogP) is 10.1. The first-order chi connectivity index (χ1) is 37.9. The van der Waals surface area contributed by atoms with Crippen molar-refractivity contribution in [3.05, 3.63) is 90.9 Å². The number of aromatic nitrogens is 1. The number of rotatable bonds is 11. The monoisotopic (exact) mass is 1100 g/mol. The molecule has 0 saturated carbocycles. The summed E-state index contributed by atoms with van der Waals surface area (Å²) in [5.74, 6) is 13.3. The highest BCUT2D eigenvalue weighted by molar-refractivity contribution is 5.98. The summed E-state index contributed by atoms with van der Waals surface area (Å²) in [6.45, 7) is 32.6. The van der Waals surface area contributed by atoms with Crippen molar-refractivity contribution < 1.29 is 38.1 Å². The third-order valence-electron chi connectivity index (χ3n) is 15.3. The van der Waals surface area contributed by atoms with Crippen LogP contribution in [0.1, 0.15) is 186 Å². The maximum atomic E-state index is 13.8. The Kier molecular flexibility index (Phi) is 22.2. The Hall–Kier alpha value is -6.49. The van der Waals surface area contributed by atoms with Gasteiger partial charge in [0.25, 0.3) is 11.5 Å². The van der Waals surface area contributed by atoms with Gasteiger partial charge in [-0.1, -0.05) is 37.5 Å². The van der Waals surface area contributed by atoms with Gasteiger partial charge in [0.1, 0.15) is 11.2 Å². The number of nitrogens with one attached hydrogen (secondary N) is 2.